The first kappa shape index (κ1) is 12.0. The summed E-state index contributed by atoms with van der Waals surface area (Å²) in [6, 6.07) is 9.00. The lowest BCUT2D eigenvalue weighted by Gasteiger charge is -2.04. The van der Waals surface area contributed by atoms with Crippen molar-refractivity contribution in [1.29, 1.82) is 0 Å². The molecule has 0 heterocycles. The quantitative estimate of drug-likeness (QED) is 0.594. The van der Waals surface area contributed by atoms with Gasteiger partial charge in [-0.05, 0) is 36.8 Å². The first-order chi connectivity index (χ1) is 7.26. The molecule has 0 spiro atoms. The molecule has 0 fully saturated rings. The SMILES string of the molecule is C=C(CC)Cc1ccc(CCCC)cc1. The molecule has 0 heteroatoms. The number of benzene rings is 1. The molecule has 0 aliphatic carbocycles. The van der Waals surface area contributed by atoms with E-state index in [0.29, 0.717) is 0 Å². The fourth-order valence-corrected chi connectivity index (χ4v) is 1.62. The molecule has 0 aromatic heterocycles. The van der Waals surface area contributed by atoms with E-state index in [1.165, 1.54) is 36.0 Å². The molecule has 1 aromatic carbocycles. The average Bonchev–Trinajstić information content (AvgIpc) is 2.28. The third-order valence-electron chi connectivity index (χ3n) is 2.80. The van der Waals surface area contributed by atoms with Crippen molar-refractivity contribution in [2.45, 2.75) is 46.0 Å². The van der Waals surface area contributed by atoms with Gasteiger partial charge in [-0.1, -0.05) is 56.7 Å². The van der Waals surface area contributed by atoms with Gasteiger partial charge in [-0.3, -0.25) is 0 Å². The van der Waals surface area contributed by atoms with Gasteiger partial charge in [0.1, 0.15) is 0 Å². The number of hydrogen-bond donors (Lipinski definition) is 0. The van der Waals surface area contributed by atoms with E-state index in [1.807, 2.05) is 0 Å². The highest BCUT2D eigenvalue weighted by Crippen LogP contribution is 2.12. The van der Waals surface area contributed by atoms with Crippen LogP contribution in [-0.4, -0.2) is 0 Å². The zero-order valence-electron chi connectivity index (χ0n) is 10.1. The van der Waals surface area contributed by atoms with Gasteiger partial charge in [0.2, 0.25) is 0 Å². The topological polar surface area (TPSA) is 0 Å². The Balaban J connectivity index is 2.52. The smallest absolute Gasteiger partial charge is 0.00699 e. The lowest BCUT2D eigenvalue weighted by Crippen LogP contribution is -1.90. The van der Waals surface area contributed by atoms with Crippen LogP contribution < -0.4 is 0 Å². The second-order valence-corrected chi connectivity index (χ2v) is 4.20. The second-order valence-electron chi connectivity index (χ2n) is 4.20. The zero-order chi connectivity index (χ0) is 11.1. The van der Waals surface area contributed by atoms with Crippen LogP contribution >= 0.6 is 0 Å². The van der Waals surface area contributed by atoms with Crippen LogP contribution in [0, 0.1) is 0 Å². The van der Waals surface area contributed by atoms with E-state index in [1.54, 1.807) is 0 Å². The minimum Gasteiger partial charge on any atom is -0.0995 e. The van der Waals surface area contributed by atoms with Gasteiger partial charge in [-0.15, -0.1) is 0 Å². The van der Waals surface area contributed by atoms with E-state index in [2.05, 4.69) is 44.7 Å². The van der Waals surface area contributed by atoms with Crippen LogP contribution in [0.1, 0.15) is 44.2 Å². The van der Waals surface area contributed by atoms with Crippen LogP contribution in [0.2, 0.25) is 0 Å². The maximum Gasteiger partial charge on any atom is -0.00699 e. The van der Waals surface area contributed by atoms with E-state index in [0.717, 1.165) is 12.8 Å². The maximum atomic E-state index is 4.04. The maximum absolute atomic E-state index is 4.04. The Bertz CT molecular complexity index is 292. The summed E-state index contributed by atoms with van der Waals surface area (Å²) < 4.78 is 0. The summed E-state index contributed by atoms with van der Waals surface area (Å²) >= 11 is 0. The van der Waals surface area contributed by atoms with Gasteiger partial charge in [0.15, 0.2) is 0 Å². The van der Waals surface area contributed by atoms with E-state index in [-0.39, 0.29) is 0 Å². The Hall–Kier alpha value is -1.04. The first-order valence-electron chi connectivity index (χ1n) is 6.00. The summed E-state index contributed by atoms with van der Waals surface area (Å²) in [5.74, 6) is 0. The number of rotatable bonds is 6. The fourth-order valence-electron chi connectivity index (χ4n) is 1.62. The summed E-state index contributed by atoms with van der Waals surface area (Å²) in [7, 11) is 0. The molecule has 0 N–H and O–H groups in total. The van der Waals surface area contributed by atoms with Crippen LogP contribution in [0.3, 0.4) is 0 Å². The van der Waals surface area contributed by atoms with Gasteiger partial charge in [0, 0.05) is 0 Å². The molecule has 82 valence electrons. The molecule has 0 saturated carbocycles. The van der Waals surface area contributed by atoms with Gasteiger partial charge < -0.3 is 0 Å². The molecular formula is C15H22. The van der Waals surface area contributed by atoms with Crippen molar-refractivity contribution in [2.75, 3.05) is 0 Å². The summed E-state index contributed by atoms with van der Waals surface area (Å²) in [4.78, 5) is 0. The van der Waals surface area contributed by atoms with Crippen molar-refractivity contribution in [3.8, 4) is 0 Å². The fraction of sp³-hybridized carbons (Fsp3) is 0.467. The minimum absolute atomic E-state index is 1.03. The van der Waals surface area contributed by atoms with Gasteiger partial charge >= 0.3 is 0 Å². The second kappa shape index (κ2) is 6.44. The van der Waals surface area contributed by atoms with Crippen molar-refractivity contribution in [2.24, 2.45) is 0 Å². The molecule has 0 radical (unpaired) electrons. The lowest BCUT2D eigenvalue weighted by atomic mass is 10.0. The Morgan fingerprint density at radius 1 is 1.07 bits per heavy atom. The molecule has 0 unspecified atom stereocenters. The molecule has 0 aliphatic rings. The normalized spacial score (nSPS) is 10.3. The molecule has 15 heavy (non-hydrogen) atoms. The van der Waals surface area contributed by atoms with E-state index < -0.39 is 0 Å². The Kier molecular flexibility index (Phi) is 5.17. The number of aryl methyl sites for hydroxylation is 1. The standard InChI is InChI=1S/C15H22/c1-4-6-7-14-8-10-15(11-9-14)12-13(3)5-2/h8-11H,3-7,12H2,1-2H3. The molecule has 0 amide bonds. The molecule has 1 aromatic rings. The molecule has 0 saturated heterocycles. The Morgan fingerprint density at radius 3 is 2.20 bits per heavy atom. The van der Waals surface area contributed by atoms with Gasteiger partial charge in [0.05, 0.1) is 0 Å². The van der Waals surface area contributed by atoms with Crippen molar-refractivity contribution < 1.29 is 0 Å². The first-order valence-corrected chi connectivity index (χ1v) is 6.00. The lowest BCUT2D eigenvalue weighted by molar-refractivity contribution is 0.794. The van der Waals surface area contributed by atoms with Crippen LogP contribution in [0.5, 0.6) is 0 Å². The highest BCUT2D eigenvalue weighted by molar-refractivity contribution is 5.25. The molecule has 0 nitrogen and oxygen atoms in total. The summed E-state index contributed by atoms with van der Waals surface area (Å²) in [6.45, 7) is 8.44. The molecule has 0 bridgehead atoms. The third-order valence-corrected chi connectivity index (χ3v) is 2.80. The average molecular weight is 202 g/mol. The highest BCUT2D eigenvalue weighted by Gasteiger charge is 1.96. The van der Waals surface area contributed by atoms with Crippen LogP contribution in [-0.2, 0) is 12.8 Å². The van der Waals surface area contributed by atoms with Crippen molar-refractivity contribution in [3.05, 3.63) is 47.5 Å². The van der Waals surface area contributed by atoms with Gasteiger partial charge in [0.25, 0.3) is 0 Å². The number of hydrogen-bond acceptors (Lipinski definition) is 0. The van der Waals surface area contributed by atoms with Crippen molar-refractivity contribution in [3.63, 3.8) is 0 Å². The largest absolute Gasteiger partial charge is 0.0995 e. The van der Waals surface area contributed by atoms with Crippen LogP contribution in [0.25, 0.3) is 0 Å². The van der Waals surface area contributed by atoms with Crippen molar-refractivity contribution in [1.82, 2.24) is 0 Å². The van der Waals surface area contributed by atoms with E-state index in [9.17, 15) is 0 Å². The van der Waals surface area contributed by atoms with E-state index in [4.69, 9.17) is 0 Å². The van der Waals surface area contributed by atoms with Crippen molar-refractivity contribution >= 4 is 0 Å². The third kappa shape index (κ3) is 4.33. The zero-order valence-corrected chi connectivity index (χ0v) is 10.1. The molecule has 0 aliphatic heterocycles. The summed E-state index contributed by atoms with van der Waals surface area (Å²) in [5, 5.41) is 0. The van der Waals surface area contributed by atoms with Gasteiger partial charge in [-0.2, -0.15) is 0 Å². The molecular weight excluding hydrogens is 180 g/mol. The molecule has 1 rings (SSSR count). The van der Waals surface area contributed by atoms with E-state index >= 15 is 0 Å². The minimum atomic E-state index is 1.03. The number of unbranched alkanes of at least 4 members (excludes halogenated alkanes) is 1. The summed E-state index contributed by atoms with van der Waals surface area (Å²) in [5.41, 5.74) is 4.17. The number of allylic oxidation sites excluding steroid dienone is 1. The Morgan fingerprint density at radius 2 is 1.67 bits per heavy atom. The van der Waals surface area contributed by atoms with Crippen LogP contribution in [0.4, 0.5) is 0 Å². The van der Waals surface area contributed by atoms with Gasteiger partial charge in [-0.25, -0.2) is 0 Å². The Labute approximate surface area is 94.0 Å². The van der Waals surface area contributed by atoms with Crippen LogP contribution in [0.15, 0.2) is 36.4 Å². The molecule has 0 atom stereocenters. The predicted molar refractivity (Wildman–Crippen MR) is 68.2 cm³/mol. The highest BCUT2D eigenvalue weighted by atomic mass is 14.0. The summed E-state index contributed by atoms with van der Waals surface area (Å²) in [6.07, 6.45) is 5.89. The predicted octanol–water partition coefficient (Wildman–Crippen LogP) is 4.54. The monoisotopic (exact) mass is 202 g/mol.